The SMILES string of the molecule is Cc1cc(-c2ccc(-c3nc(-c4ccccc4)nc(-c4ccccc4)n3)c(-c3ccc4c(c3)c3ccccc3n4-c3ccccc3)c2-c2ccc3c(c2)c2ccccc2n3-c2ccccc2)cc(C)n1. The molecule has 4 heterocycles. The number of aromatic nitrogens is 6. The van der Waals surface area contributed by atoms with E-state index in [0.29, 0.717) is 17.5 Å². The van der Waals surface area contributed by atoms with Gasteiger partial charge in [0.2, 0.25) is 0 Å². The maximum atomic E-state index is 5.40. The van der Waals surface area contributed by atoms with Crippen molar-refractivity contribution in [1.29, 1.82) is 0 Å². The summed E-state index contributed by atoms with van der Waals surface area (Å²) in [6, 6.07) is 82.0. The summed E-state index contributed by atoms with van der Waals surface area (Å²) in [7, 11) is 0. The van der Waals surface area contributed by atoms with Crippen molar-refractivity contribution in [3.63, 3.8) is 0 Å². The lowest BCUT2D eigenvalue weighted by Crippen LogP contribution is -2.03. The lowest BCUT2D eigenvalue weighted by Gasteiger charge is -2.21. The fraction of sp³-hybridized carbons (Fsp3) is 0.0312. The van der Waals surface area contributed by atoms with E-state index in [0.717, 1.165) is 100 Å². The number of aryl methyl sites for hydroxylation is 2. The van der Waals surface area contributed by atoms with Crippen LogP contribution < -0.4 is 0 Å². The second-order valence-electron chi connectivity index (χ2n) is 17.9. The van der Waals surface area contributed by atoms with Crippen molar-refractivity contribution in [2.24, 2.45) is 0 Å². The Kier molecular flexibility index (Phi) is 9.84. The average molecular weight is 897 g/mol. The number of benzene rings is 9. The molecule has 0 saturated heterocycles. The molecule has 6 nitrogen and oxygen atoms in total. The molecule has 0 aliphatic heterocycles. The molecule has 0 aliphatic carbocycles. The summed E-state index contributed by atoms with van der Waals surface area (Å²) in [4.78, 5) is 20.8. The van der Waals surface area contributed by atoms with E-state index in [-0.39, 0.29) is 0 Å². The Labute approximate surface area is 405 Å². The van der Waals surface area contributed by atoms with Crippen molar-refractivity contribution in [3.05, 3.63) is 242 Å². The van der Waals surface area contributed by atoms with E-state index in [1.807, 2.05) is 36.4 Å². The van der Waals surface area contributed by atoms with E-state index in [1.165, 1.54) is 16.2 Å². The third-order valence-electron chi connectivity index (χ3n) is 13.5. The molecule has 0 aliphatic rings. The highest BCUT2D eigenvalue weighted by Gasteiger charge is 2.25. The smallest absolute Gasteiger partial charge is 0.164 e. The Hall–Kier alpha value is -9.26. The van der Waals surface area contributed by atoms with Gasteiger partial charge in [-0.05, 0) is 121 Å². The lowest BCUT2D eigenvalue weighted by atomic mass is 9.83. The van der Waals surface area contributed by atoms with Crippen molar-refractivity contribution in [2.45, 2.75) is 13.8 Å². The summed E-state index contributed by atoms with van der Waals surface area (Å²) in [5.74, 6) is 1.81. The number of hydrogen-bond donors (Lipinski definition) is 0. The van der Waals surface area contributed by atoms with Gasteiger partial charge in [0, 0.05) is 66.6 Å². The topological polar surface area (TPSA) is 61.4 Å². The van der Waals surface area contributed by atoms with E-state index < -0.39 is 0 Å². The summed E-state index contributed by atoms with van der Waals surface area (Å²) in [5, 5.41) is 4.68. The van der Waals surface area contributed by atoms with Crippen molar-refractivity contribution in [2.75, 3.05) is 0 Å². The van der Waals surface area contributed by atoms with Crippen LogP contribution in [0.25, 0.3) is 123 Å². The Morgan fingerprint density at radius 2 is 0.657 bits per heavy atom. The van der Waals surface area contributed by atoms with E-state index in [1.54, 1.807) is 0 Å². The van der Waals surface area contributed by atoms with Crippen molar-refractivity contribution in [3.8, 4) is 78.9 Å². The molecule has 330 valence electrons. The summed E-state index contributed by atoms with van der Waals surface area (Å²) in [6.07, 6.45) is 0. The second-order valence-corrected chi connectivity index (χ2v) is 17.9. The quantitative estimate of drug-likeness (QED) is 0.152. The highest BCUT2D eigenvalue weighted by atomic mass is 15.0. The number of fused-ring (bicyclic) bond motifs is 6. The monoisotopic (exact) mass is 896 g/mol. The maximum absolute atomic E-state index is 5.40. The van der Waals surface area contributed by atoms with Crippen LogP contribution >= 0.6 is 0 Å². The van der Waals surface area contributed by atoms with Gasteiger partial charge >= 0.3 is 0 Å². The number of rotatable bonds is 8. The Morgan fingerprint density at radius 3 is 1.14 bits per heavy atom. The van der Waals surface area contributed by atoms with Crippen molar-refractivity contribution >= 4 is 43.6 Å². The van der Waals surface area contributed by atoms with Gasteiger partial charge in [-0.15, -0.1) is 0 Å². The molecule has 4 aromatic heterocycles. The standard InChI is InChI=1S/C64H44N6/c1-41-37-47(38-42(2)65-41)50-33-34-53(64-67-62(43-19-7-3-8-20-43)66-63(68-64)44-21-9-4-10-22-44)61(46-32-36-59-55(40-46)52-28-16-18-30-57(52)70(59)49-25-13-6-14-26-49)60(50)45-31-35-58-54(39-45)51-27-15-17-29-56(51)69(58)48-23-11-5-12-24-48/h3-40H,1-2H3. The van der Waals surface area contributed by atoms with E-state index in [9.17, 15) is 0 Å². The first-order chi connectivity index (χ1) is 34.5. The van der Waals surface area contributed by atoms with Crippen LogP contribution in [0.3, 0.4) is 0 Å². The number of para-hydroxylation sites is 4. The molecule has 0 unspecified atom stereocenters. The Bertz CT molecular complexity index is 4040. The normalized spacial score (nSPS) is 11.6. The zero-order valence-corrected chi connectivity index (χ0v) is 38.6. The van der Waals surface area contributed by atoms with Crippen LogP contribution in [0.5, 0.6) is 0 Å². The van der Waals surface area contributed by atoms with Gasteiger partial charge in [0.05, 0.1) is 22.1 Å². The molecule has 0 bridgehead atoms. The molecular formula is C64H44N6. The Morgan fingerprint density at radius 1 is 0.271 bits per heavy atom. The zero-order valence-electron chi connectivity index (χ0n) is 38.6. The van der Waals surface area contributed by atoms with Crippen molar-refractivity contribution < 1.29 is 0 Å². The van der Waals surface area contributed by atoms with Gasteiger partial charge in [0.15, 0.2) is 17.5 Å². The Balaban J connectivity index is 1.17. The van der Waals surface area contributed by atoms with Crippen LogP contribution in [0.1, 0.15) is 11.4 Å². The molecule has 9 aromatic carbocycles. The number of nitrogens with zero attached hydrogens (tertiary/aromatic N) is 6. The minimum Gasteiger partial charge on any atom is -0.309 e. The molecule has 0 N–H and O–H groups in total. The summed E-state index contributed by atoms with van der Waals surface area (Å²) in [6.45, 7) is 4.15. The third kappa shape index (κ3) is 6.96. The molecule has 70 heavy (non-hydrogen) atoms. The molecule has 0 fully saturated rings. The van der Waals surface area contributed by atoms with Gasteiger partial charge in [-0.3, -0.25) is 4.98 Å². The van der Waals surface area contributed by atoms with Crippen molar-refractivity contribution in [1.82, 2.24) is 29.1 Å². The number of hydrogen-bond acceptors (Lipinski definition) is 4. The number of pyridine rings is 1. The van der Waals surface area contributed by atoms with Crippen LogP contribution in [-0.4, -0.2) is 29.1 Å². The first-order valence-electron chi connectivity index (χ1n) is 23.7. The fourth-order valence-corrected chi connectivity index (χ4v) is 10.5. The highest BCUT2D eigenvalue weighted by Crippen LogP contribution is 2.48. The maximum Gasteiger partial charge on any atom is 0.164 e. The van der Waals surface area contributed by atoms with Gasteiger partial charge in [-0.1, -0.05) is 152 Å². The van der Waals surface area contributed by atoms with Gasteiger partial charge in [-0.25, -0.2) is 15.0 Å². The molecule has 0 spiro atoms. The largest absolute Gasteiger partial charge is 0.309 e. The minimum absolute atomic E-state index is 0.589. The van der Waals surface area contributed by atoms with Crippen LogP contribution in [0.4, 0.5) is 0 Å². The summed E-state index contributed by atoms with van der Waals surface area (Å²) >= 11 is 0. The molecule has 0 amide bonds. The molecule has 13 rings (SSSR count). The second kappa shape index (κ2) is 16.8. The summed E-state index contributed by atoms with van der Waals surface area (Å²) < 4.78 is 4.75. The molecule has 13 aromatic rings. The van der Waals surface area contributed by atoms with Gasteiger partial charge < -0.3 is 9.13 Å². The molecular weight excluding hydrogens is 853 g/mol. The minimum atomic E-state index is 0.589. The van der Waals surface area contributed by atoms with Gasteiger partial charge in [-0.2, -0.15) is 0 Å². The van der Waals surface area contributed by atoms with Crippen LogP contribution in [0.2, 0.25) is 0 Å². The van der Waals surface area contributed by atoms with E-state index in [2.05, 4.69) is 217 Å². The molecule has 0 saturated carbocycles. The van der Waals surface area contributed by atoms with Gasteiger partial charge in [0.1, 0.15) is 0 Å². The molecule has 0 atom stereocenters. The molecule has 0 radical (unpaired) electrons. The predicted molar refractivity (Wildman–Crippen MR) is 288 cm³/mol. The van der Waals surface area contributed by atoms with Gasteiger partial charge in [0.25, 0.3) is 0 Å². The first-order valence-corrected chi connectivity index (χ1v) is 23.7. The van der Waals surface area contributed by atoms with E-state index >= 15 is 0 Å². The fourth-order valence-electron chi connectivity index (χ4n) is 10.5. The van der Waals surface area contributed by atoms with Crippen LogP contribution in [0, 0.1) is 13.8 Å². The average Bonchev–Trinajstić information content (AvgIpc) is 3.93. The van der Waals surface area contributed by atoms with Crippen LogP contribution in [-0.2, 0) is 0 Å². The van der Waals surface area contributed by atoms with E-state index in [4.69, 9.17) is 19.9 Å². The molecule has 6 heteroatoms. The third-order valence-corrected chi connectivity index (χ3v) is 13.5. The summed E-state index contributed by atoms with van der Waals surface area (Å²) in [5.41, 5.74) is 17.9. The lowest BCUT2D eigenvalue weighted by molar-refractivity contribution is 1.07. The van der Waals surface area contributed by atoms with Crippen LogP contribution in [0.15, 0.2) is 231 Å². The predicted octanol–water partition coefficient (Wildman–Crippen LogP) is 16.1. The zero-order chi connectivity index (χ0) is 46.7. The highest BCUT2D eigenvalue weighted by molar-refractivity contribution is 6.14. The first kappa shape index (κ1) is 41.0.